The SMILES string of the molecule is CC(Sc1nc2ccccc2c(=O)n1C1CCCC1)C(=O)NCc1ccco1. The summed E-state index contributed by atoms with van der Waals surface area (Å²) in [6.07, 6.45) is 5.78. The summed E-state index contributed by atoms with van der Waals surface area (Å²) in [5.41, 5.74) is 0.663. The lowest BCUT2D eigenvalue weighted by Crippen LogP contribution is -2.32. The van der Waals surface area contributed by atoms with Crippen molar-refractivity contribution in [2.24, 2.45) is 0 Å². The molecule has 1 saturated carbocycles. The van der Waals surface area contributed by atoms with Gasteiger partial charge in [-0.15, -0.1) is 0 Å². The Bertz CT molecular complexity index is 1020. The summed E-state index contributed by atoms with van der Waals surface area (Å²) in [6, 6.07) is 11.2. The number of hydrogen-bond acceptors (Lipinski definition) is 5. The third-order valence-electron chi connectivity index (χ3n) is 5.13. The fourth-order valence-electron chi connectivity index (χ4n) is 3.64. The molecule has 0 bridgehead atoms. The van der Waals surface area contributed by atoms with Gasteiger partial charge in [0.25, 0.3) is 5.56 Å². The number of nitrogens with zero attached hydrogens (tertiary/aromatic N) is 2. The Kier molecular flexibility index (Phi) is 5.52. The predicted octanol–water partition coefficient (Wildman–Crippen LogP) is 3.90. The Morgan fingerprint density at radius 3 is 2.82 bits per heavy atom. The van der Waals surface area contributed by atoms with Crippen molar-refractivity contribution in [2.45, 2.75) is 55.6 Å². The van der Waals surface area contributed by atoms with E-state index in [-0.39, 0.29) is 22.8 Å². The zero-order valence-electron chi connectivity index (χ0n) is 15.8. The minimum atomic E-state index is -0.379. The predicted molar refractivity (Wildman–Crippen MR) is 109 cm³/mol. The van der Waals surface area contributed by atoms with E-state index < -0.39 is 0 Å². The minimum Gasteiger partial charge on any atom is -0.467 e. The highest BCUT2D eigenvalue weighted by Crippen LogP contribution is 2.33. The fourth-order valence-corrected chi connectivity index (χ4v) is 4.64. The van der Waals surface area contributed by atoms with Gasteiger partial charge in [0, 0.05) is 6.04 Å². The second kappa shape index (κ2) is 8.22. The number of carbonyl (C=O) groups excluding carboxylic acids is 1. The quantitative estimate of drug-likeness (QED) is 0.504. The van der Waals surface area contributed by atoms with Crippen molar-refractivity contribution < 1.29 is 9.21 Å². The van der Waals surface area contributed by atoms with Crippen molar-refractivity contribution in [1.82, 2.24) is 14.9 Å². The lowest BCUT2D eigenvalue weighted by Gasteiger charge is -2.20. The van der Waals surface area contributed by atoms with Gasteiger partial charge in [-0.05, 0) is 44.0 Å². The monoisotopic (exact) mass is 397 g/mol. The van der Waals surface area contributed by atoms with E-state index in [0.29, 0.717) is 28.4 Å². The number of thioether (sulfide) groups is 1. The molecule has 3 aromatic rings. The zero-order chi connectivity index (χ0) is 19.5. The van der Waals surface area contributed by atoms with Gasteiger partial charge in [0.1, 0.15) is 5.76 Å². The van der Waals surface area contributed by atoms with Crippen molar-refractivity contribution in [3.8, 4) is 0 Å². The average Bonchev–Trinajstić information content (AvgIpc) is 3.40. The summed E-state index contributed by atoms with van der Waals surface area (Å²) in [5.74, 6) is 0.596. The van der Waals surface area contributed by atoms with E-state index in [1.807, 2.05) is 41.8 Å². The Labute approximate surface area is 167 Å². The molecule has 0 radical (unpaired) electrons. The van der Waals surface area contributed by atoms with Crippen molar-refractivity contribution in [2.75, 3.05) is 0 Å². The van der Waals surface area contributed by atoms with Gasteiger partial charge in [0.15, 0.2) is 5.16 Å². The molecule has 28 heavy (non-hydrogen) atoms. The third-order valence-corrected chi connectivity index (χ3v) is 6.20. The number of furan rings is 1. The first-order chi connectivity index (χ1) is 13.6. The number of aromatic nitrogens is 2. The third kappa shape index (κ3) is 3.85. The molecule has 1 N–H and O–H groups in total. The van der Waals surface area contributed by atoms with Gasteiger partial charge in [0.2, 0.25) is 5.91 Å². The van der Waals surface area contributed by atoms with Gasteiger partial charge in [-0.1, -0.05) is 36.7 Å². The number of fused-ring (bicyclic) bond motifs is 1. The summed E-state index contributed by atoms with van der Waals surface area (Å²) >= 11 is 1.34. The molecule has 0 spiro atoms. The second-order valence-electron chi connectivity index (χ2n) is 7.08. The largest absolute Gasteiger partial charge is 0.467 e. The summed E-state index contributed by atoms with van der Waals surface area (Å²) in [6.45, 7) is 2.18. The Hall–Kier alpha value is -2.54. The van der Waals surface area contributed by atoms with Gasteiger partial charge < -0.3 is 9.73 Å². The van der Waals surface area contributed by atoms with Crippen LogP contribution in [-0.2, 0) is 11.3 Å². The smallest absolute Gasteiger partial charge is 0.262 e. The van der Waals surface area contributed by atoms with E-state index in [2.05, 4.69) is 5.32 Å². The first-order valence-corrected chi connectivity index (χ1v) is 10.5. The maximum absolute atomic E-state index is 13.2. The van der Waals surface area contributed by atoms with Crippen LogP contribution in [0.3, 0.4) is 0 Å². The van der Waals surface area contributed by atoms with E-state index in [4.69, 9.17) is 9.40 Å². The summed E-state index contributed by atoms with van der Waals surface area (Å²) in [7, 11) is 0. The second-order valence-corrected chi connectivity index (χ2v) is 8.39. The van der Waals surface area contributed by atoms with Crippen LogP contribution in [0.25, 0.3) is 10.9 Å². The first kappa shape index (κ1) is 18.8. The van der Waals surface area contributed by atoms with Gasteiger partial charge in [-0.25, -0.2) is 4.98 Å². The molecule has 4 rings (SSSR count). The number of benzene rings is 1. The molecule has 146 valence electrons. The number of carbonyl (C=O) groups is 1. The summed E-state index contributed by atoms with van der Waals surface area (Å²) in [5, 5.41) is 3.75. The lowest BCUT2D eigenvalue weighted by molar-refractivity contribution is -0.120. The Morgan fingerprint density at radius 2 is 2.07 bits per heavy atom. The molecule has 1 amide bonds. The molecule has 2 heterocycles. The van der Waals surface area contributed by atoms with Crippen molar-refractivity contribution in [1.29, 1.82) is 0 Å². The van der Waals surface area contributed by atoms with Gasteiger partial charge in [-0.2, -0.15) is 0 Å². The highest BCUT2D eigenvalue weighted by atomic mass is 32.2. The molecule has 1 unspecified atom stereocenters. The molecule has 1 fully saturated rings. The summed E-state index contributed by atoms with van der Waals surface area (Å²) < 4.78 is 7.07. The molecule has 0 saturated heterocycles. The number of para-hydroxylation sites is 1. The number of nitrogens with one attached hydrogen (secondary N) is 1. The number of hydrogen-bond donors (Lipinski definition) is 1. The van der Waals surface area contributed by atoms with Crippen molar-refractivity contribution in [3.63, 3.8) is 0 Å². The van der Waals surface area contributed by atoms with Crippen LogP contribution in [0.5, 0.6) is 0 Å². The van der Waals surface area contributed by atoms with Gasteiger partial charge in [-0.3, -0.25) is 14.2 Å². The van der Waals surface area contributed by atoms with E-state index in [1.54, 1.807) is 12.3 Å². The molecule has 1 aliphatic carbocycles. The summed E-state index contributed by atoms with van der Waals surface area (Å²) in [4.78, 5) is 30.4. The standard InChI is InChI=1S/C21H23N3O3S/c1-14(19(25)22-13-16-9-6-12-27-16)28-21-23-18-11-5-4-10-17(18)20(26)24(21)15-7-2-3-8-15/h4-6,9-12,14-15H,2-3,7-8,13H2,1H3,(H,22,25). The molecule has 2 aromatic heterocycles. The van der Waals surface area contributed by atoms with Crippen LogP contribution in [0.15, 0.2) is 57.0 Å². The van der Waals surface area contributed by atoms with Gasteiger partial charge in [0.05, 0.1) is 29.0 Å². The number of amides is 1. The van der Waals surface area contributed by atoms with E-state index >= 15 is 0 Å². The van der Waals surface area contributed by atoms with E-state index in [0.717, 1.165) is 25.7 Å². The molecule has 1 aliphatic rings. The van der Waals surface area contributed by atoms with Crippen molar-refractivity contribution in [3.05, 3.63) is 58.8 Å². The minimum absolute atomic E-state index is 0.0109. The fraction of sp³-hybridized carbons (Fsp3) is 0.381. The first-order valence-electron chi connectivity index (χ1n) is 9.61. The number of rotatable bonds is 6. The van der Waals surface area contributed by atoms with Crippen LogP contribution < -0.4 is 10.9 Å². The molecule has 0 aliphatic heterocycles. The molecule has 6 nitrogen and oxygen atoms in total. The maximum Gasteiger partial charge on any atom is 0.262 e. The van der Waals surface area contributed by atoms with Gasteiger partial charge >= 0.3 is 0 Å². The molecule has 1 atom stereocenters. The molecule has 1 aromatic carbocycles. The van der Waals surface area contributed by atoms with Crippen LogP contribution in [0.2, 0.25) is 0 Å². The highest BCUT2D eigenvalue weighted by molar-refractivity contribution is 8.00. The van der Waals surface area contributed by atoms with Crippen molar-refractivity contribution >= 4 is 28.6 Å². The van der Waals surface area contributed by atoms with Crippen LogP contribution in [0, 0.1) is 0 Å². The van der Waals surface area contributed by atoms with E-state index in [9.17, 15) is 9.59 Å². The zero-order valence-corrected chi connectivity index (χ0v) is 16.6. The van der Waals surface area contributed by atoms with Crippen LogP contribution in [0.1, 0.15) is 44.4 Å². The normalized spacial score (nSPS) is 15.8. The van der Waals surface area contributed by atoms with Crippen LogP contribution in [-0.4, -0.2) is 20.7 Å². The Morgan fingerprint density at radius 1 is 1.29 bits per heavy atom. The average molecular weight is 398 g/mol. The maximum atomic E-state index is 13.2. The molecule has 7 heteroatoms. The molecular weight excluding hydrogens is 374 g/mol. The van der Waals surface area contributed by atoms with E-state index in [1.165, 1.54) is 11.8 Å². The van der Waals surface area contributed by atoms with Crippen LogP contribution in [0.4, 0.5) is 0 Å². The topological polar surface area (TPSA) is 77.1 Å². The van der Waals surface area contributed by atoms with Crippen LogP contribution >= 0.6 is 11.8 Å². The lowest BCUT2D eigenvalue weighted by atomic mass is 10.2. The molecular formula is C21H23N3O3S. The highest BCUT2D eigenvalue weighted by Gasteiger charge is 2.25. The Balaban J connectivity index is 1.60.